The molecule has 1 aliphatic heterocycles. The van der Waals surface area contributed by atoms with E-state index in [0.717, 1.165) is 23.4 Å². The fraction of sp³-hybridized carbons (Fsp3) is 0.417. The van der Waals surface area contributed by atoms with Crippen LogP contribution < -0.4 is 14.8 Å². The van der Waals surface area contributed by atoms with Gasteiger partial charge in [0, 0.05) is 43.8 Å². The smallest absolute Gasteiger partial charge is 0.308 e. The molecule has 4 heteroatoms. The van der Waals surface area contributed by atoms with Gasteiger partial charge in [-0.15, -0.1) is 0 Å². The molecule has 0 saturated carbocycles. The summed E-state index contributed by atoms with van der Waals surface area (Å²) in [5.74, 6) is 0.994. The zero-order valence-electron chi connectivity index (χ0n) is 9.66. The number of carbonyl (C=O) groups is 1. The predicted molar refractivity (Wildman–Crippen MR) is 61.1 cm³/mol. The number of hydrogen-bond donors (Lipinski definition) is 1. The third-order valence-electron chi connectivity index (χ3n) is 2.53. The molecule has 0 spiro atoms. The van der Waals surface area contributed by atoms with Crippen molar-refractivity contribution in [1.29, 1.82) is 0 Å². The van der Waals surface area contributed by atoms with E-state index in [1.54, 1.807) is 6.07 Å². The summed E-state index contributed by atoms with van der Waals surface area (Å²) >= 11 is 0. The van der Waals surface area contributed by atoms with Gasteiger partial charge in [-0.05, 0) is 6.92 Å². The lowest BCUT2D eigenvalue weighted by Crippen LogP contribution is -2.05. The van der Waals surface area contributed by atoms with Crippen molar-refractivity contribution < 1.29 is 14.3 Å². The molecule has 0 radical (unpaired) electrons. The molecular weight excluding hydrogens is 206 g/mol. The molecular formula is C12H15NO3. The van der Waals surface area contributed by atoms with E-state index >= 15 is 0 Å². The Bertz CT molecular complexity index is 429. The first-order valence-corrected chi connectivity index (χ1v) is 5.30. The van der Waals surface area contributed by atoms with Crippen molar-refractivity contribution in [1.82, 2.24) is 0 Å². The van der Waals surface area contributed by atoms with Gasteiger partial charge in [0.15, 0.2) is 0 Å². The highest BCUT2D eigenvalue weighted by atomic mass is 16.5. The van der Waals surface area contributed by atoms with Crippen molar-refractivity contribution in [2.24, 2.45) is 0 Å². The van der Waals surface area contributed by atoms with Crippen molar-refractivity contribution >= 4 is 11.7 Å². The second kappa shape index (κ2) is 4.04. The second-order valence-corrected chi connectivity index (χ2v) is 3.92. The minimum absolute atomic E-state index is 0.176. The minimum Gasteiger partial charge on any atom is -0.490 e. The first-order chi connectivity index (χ1) is 7.60. The summed E-state index contributed by atoms with van der Waals surface area (Å²) in [6.45, 7) is 3.40. The molecule has 1 aliphatic rings. The summed E-state index contributed by atoms with van der Waals surface area (Å²) in [4.78, 5) is 10.9. The molecule has 1 atom stereocenters. The van der Waals surface area contributed by atoms with E-state index in [0.29, 0.717) is 5.75 Å². The van der Waals surface area contributed by atoms with Crippen LogP contribution in [0.3, 0.4) is 0 Å². The normalized spacial score (nSPS) is 17.6. The van der Waals surface area contributed by atoms with Gasteiger partial charge in [-0.2, -0.15) is 0 Å². The van der Waals surface area contributed by atoms with Crippen molar-refractivity contribution in [2.45, 2.75) is 26.4 Å². The highest BCUT2D eigenvalue weighted by Crippen LogP contribution is 2.38. The van der Waals surface area contributed by atoms with Gasteiger partial charge < -0.3 is 14.8 Å². The third-order valence-corrected chi connectivity index (χ3v) is 2.53. The van der Waals surface area contributed by atoms with Crippen LogP contribution in [-0.2, 0) is 11.2 Å². The number of nitrogens with one attached hydrogen (secondary N) is 1. The quantitative estimate of drug-likeness (QED) is 0.612. The zero-order valence-corrected chi connectivity index (χ0v) is 9.66. The van der Waals surface area contributed by atoms with E-state index in [2.05, 4.69) is 5.32 Å². The first-order valence-electron chi connectivity index (χ1n) is 5.30. The molecule has 0 fully saturated rings. The van der Waals surface area contributed by atoms with Gasteiger partial charge in [0.25, 0.3) is 0 Å². The number of carbonyl (C=O) groups excluding carboxylic acids is 1. The lowest BCUT2D eigenvalue weighted by atomic mass is 10.1. The Labute approximate surface area is 94.6 Å². The molecule has 1 aromatic rings. The molecule has 0 aromatic heterocycles. The number of fused-ring (bicyclic) bond motifs is 1. The molecule has 2 rings (SSSR count). The SMILES string of the molecule is CNc1cc(OC(C)=O)cc2c1CC(C)O2. The number of anilines is 1. The molecule has 86 valence electrons. The van der Waals surface area contributed by atoms with Gasteiger partial charge in [0.2, 0.25) is 0 Å². The van der Waals surface area contributed by atoms with E-state index in [4.69, 9.17) is 9.47 Å². The summed E-state index contributed by atoms with van der Waals surface area (Å²) < 4.78 is 10.7. The Kier molecular flexibility index (Phi) is 2.73. The monoisotopic (exact) mass is 221 g/mol. The Morgan fingerprint density at radius 2 is 2.31 bits per heavy atom. The van der Waals surface area contributed by atoms with Crippen LogP contribution in [0, 0.1) is 0 Å². The predicted octanol–water partition coefficient (Wildman–Crippen LogP) is 1.98. The molecule has 0 aliphatic carbocycles. The number of rotatable bonds is 2. The van der Waals surface area contributed by atoms with Gasteiger partial charge in [0.1, 0.15) is 17.6 Å². The first kappa shape index (κ1) is 10.8. The van der Waals surface area contributed by atoms with E-state index in [1.807, 2.05) is 20.0 Å². The van der Waals surface area contributed by atoms with Gasteiger partial charge in [-0.25, -0.2) is 0 Å². The molecule has 1 N–H and O–H groups in total. The largest absolute Gasteiger partial charge is 0.490 e. The van der Waals surface area contributed by atoms with Crippen molar-refractivity contribution in [2.75, 3.05) is 12.4 Å². The van der Waals surface area contributed by atoms with Crippen LogP contribution in [0.25, 0.3) is 0 Å². The van der Waals surface area contributed by atoms with Crippen LogP contribution in [0.15, 0.2) is 12.1 Å². The minimum atomic E-state index is -0.326. The van der Waals surface area contributed by atoms with Crippen LogP contribution in [0.5, 0.6) is 11.5 Å². The molecule has 4 nitrogen and oxygen atoms in total. The molecule has 1 heterocycles. The number of benzene rings is 1. The van der Waals surface area contributed by atoms with Crippen molar-refractivity contribution in [3.63, 3.8) is 0 Å². The van der Waals surface area contributed by atoms with Gasteiger partial charge in [0.05, 0.1) is 0 Å². The summed E-state index contributed by atoms with van der Waals surface area (Å²) in [5.41, 5.74) is 2.10. The fourth-order valence-corrected chi connectivity index (χ4v) is 1.93. The van der Waals surface area contributed by atoms with Crippen LogP contribution in [0.2, 0.25) is 0 Å². The molecule has 1 unspecified atom stereocenters. The maximum absolute atomic E-state index is 10.9. The van der Waals surface area contributed by atoms with Gasteiger partial charge >= 0.3 is 5.97 Å². The maximum atomic E-state index is 10.9. The highest BCUT2D eigenvalue weighted by Gasteiger charge is 2.23. The van der Waals surface area contributed by atoms with Gasteiger partial charge in [-0.3, -0.25) is 4.79 Å². The van der Waals surface area contributed by atoms with Crippen LogP contribution in [-0.4, -0.2) is 19.1 Å². The Hall–Kier alpha value is -1.71. The average molecular weight is 221 g/mol. The Morgan fingerprint density at radius 3 is 2.94 bits per heavy atom. The second-order valence-electron chi connectivity index (χ2n) is 3.92. The van der Waals surface area contributed by atoms with E-state index < -0.39 is 0 Å². The lowest BCUT2D eigenvalue weighted by molar-refractivity contribution is -0.131. The summed E-state index contributed by atoms with van der Waals surface area (Å²) in [6, 6.07) is 3.59. The fourth-order valence-electron chi connectivity index (χ4n) is 1.93. The Balaban J connectivity index is 2.38. The Morgan fingerprint density at radius 1 is 1.56 bits per heavy atom. The lowest BCUT2D eigenvalue weighted by Gasteiger charge is -2.09. The molecule has 0 amide bonds. The number of ether oxygens (including phenoxy) is 2. The van der Waals surface area contributed by atoms with E-state index in [9.17, 15) is 4.79 Å². The highest BCUT2D eigenvalue weighted by molar-refractivity contribution is 5.71. The van der Waals surface area contributed by atoms with Crippen LogP contribution in [0.1, 0.15) is 19.4 Å². The molecule has 16 heavy (non-hydrogen) atoms. The zero-order chi connectivity index (χ0) is 11.7. The van der Waals surface area contributed by atoms with Crippen LogP contribution >= 0.6 is 0 Å². The van der Waals surface area contributed by atoms with Gasteiger partial charge in [-0.1, -0.05) is 0 Å². The summed E-state index contributed by atoms with van der Waals surface area (Å²) in [7, 11) is 1.84. The average Bonchev–Trinajstić information content (AvgIpc) is 2.56. The van der Waals surface area contributed by atoms with Crippen LogP contribution in [0.4, 0.5) is 5.69 Å². The van der Waals surface area contributed by atoms with Crippen molar-refractivity contribution in [3.05, 3.63) is 17.7 Å². The third kappa shape index (κ3) is 1.96. The maximum Gasteiger partial charge on any atom is 0.308 e. The van der Waals surface area contributed by atoms with E-state index in [1.165, 1.54) is 6.92 Å². The molecule has 0 bridgehead atoms. The number of esters is 1. The van der Waals surface area contributed by atoms with Crippen molar-refractivity contribution in [3.8, 4) is 11.5 Å². The molecule has 1 aromatic carbocycles. The molecule has 0 saturated heterocycles. The van der Waals surface area contributed by atoms with E-state index in [-0.39, 0.29) is 12.1 Å². The standard InChI is InChI=1S/C12H15NO3/c1-7-4-10-11(13-3)5-9(16-8(2)14)6-12(10)15-7/h5-7,13H,4H2,1-3H3. The number of hydrogen-bond acceptors (Lipinski definition) is 4. The summed E-state index contributed by atoms with van der Waals surface area (Å²) in [6.07, 6.45) is 1.06. The summed E-state index contributed by atoms with van der Waals surface area (Å²) in [5, 5.41) is 3.09. The topological polar surface area (TPSA) is 47.6 Å².